The third-order valence-corrected chi connectivity index (χ3v) is 9.59. The Morgan fingerprint density at radius 3 is 1.40 bits per heavy atom. The SMILES string of the molecule is CC/C=C\C/C=C\C/C=C\C/C=C\C/C=C\CCCCCCCC(=O)OC(COC(=O)CCCCC/C=C\C/C=C\C/C=C\CC)COP(=O)(O)OCC[N+](C)(C)C. The monoisotopic (exact) mass is 831 g/mol. The highest BCUT2D eigenvalue weighted by atomic mass is 31.2. The van der Waals surface area contributed by atoms with E-state index >= 15 is 0 Å². The number of hydrogen-bond acceptors (Lipinski definition) is 7. The molecule has 0 aliphatic heterocycles. The van der Waals surface area contributed by atoms with Gasteiger partial charge in [0.25, 0.3) is 0 Å². The highest BCUT2D eigenvalue weighted by Gasteiger charge is 2.27. The Labute approximate surface area is 353 Å². The molecule has 0 heterocycles. The molecule has 0 spiro atoms. The molecule has 0 aliphatic carbocycles. The van der Waals surface area contributed by atoms with Crippen molar-refractivity contribution in [1.82, 2.24) is 0 Å². The summed E-state index contributed by atoms with van der Waals surface area (Å²) in [7, 11) is 1.42. The first-order valence-electron chi connectivity index (χ1n) is 22.0. The molecular weight excluding hydrogens is 750 g/mol. The first kappa shape index (κ1) is 54.9. The van der Waals surface area contributed by atoms with Gasteiger partial charge in [-0.25, -0.2) is 4.57 Å². The summed E-state index contributed by atoms with van der Waals surface area (Å²) < 4.78 is 34.2. The molecule has 10 heteroatoms. The van der Waals surface area contributed by atoms with Crippen molar-refractivity contribution in [3.8, 4) is 0 Å². The molecule has 0 saturated carbocycles. The second kappa shape index (κ2) is 39.4. The zero-order valence-corrected chi connectivity index (χ0v) is 37.9. The molecule has 0 saturated heterocycles. The van der Waals surface area contributed by atoms with Crippen LogP contribution in [0.5, 0.6) is 0 Å². The van der Waals surface area contributed by atoms with Crippen LogP contribution in [0, 0.1) is 0 Å². The van der Waals surface area contributed by atoms with E-state index in [1.165, 1.54) is 0 Å². The molecule has 2 atom stereocenters. The summed E-state index contributed by atoms with van der Waals surface area (Å²) in [4.78, 5) is 35.3. The Bertz CT molecular complexity index is 1300. The second-order valence-corrected chi connectivity index (χ2v) is 16.8. The third kappa shape index (κ3) is 42.5. The van der Waals surface area contributed by atoms with E-state index < -0.39 is 32.5 Å². The van der Waals surface area contributed by atoms with Crippen LogP contribution in [0.25, 0.3) is 0 Å². The third-order valence-electron chi connectivity index (χ3n) is 8.61. The number of phosphoric ester groups is 1. The first-order valence-corrected chi connectivity index (χ1v) is 23.5. The summed E-state index contributed by atoms with van der Waals surface area (Å²) in [6.07, 6.45) is 51.7. The lowest BCUT2D eigenvalue weighted by atomic mass is 10.1. The van der Waals surface area contributed by atoms with Crippen molar-refractivity contribution in [3.05, 3.63) is 97.2 Å². The number of unbranched alkanes of at least 4 members (excludes halogenated alkanes) is 8. The molecule has 0 amide bonds. The minimum absolute atomic E-state index is 0.0167. The first-order chi connectivity index (χ1) is 28.0. The number of likely N-dealkylation sites (N-methyl/N-ethyl adjacent to an activating group) is 1. The van der Waals surface area contributed by atoms with E-state index in [0.717, 1.165) is 103 Å². The van der Waals surface area contributed by atoms with Crippen molar-refractivity contribution in [2.75, 3.05) is 47.5 Å². The fourth-order valence-corrected chi connectivity index (χ4v) is 5.97. The van der Waals surface area contributed by atoms with Gasteiger partial charge < -0.3 is 18.9 Å². The van der Waals surface area contributed by atoms with Gasteiger partial charge in [0.05, 0.1) is 27.7 Å². The number of phosphoric acid groups is 1. The molecule has 9 nitrogen and oxygen atoms in total. The van der Waals surface area contributed by atoms with Crippen molar-refractivity contribution in [1.29, 1.82) is 0 Å². The van der Waals surface area contributed by atoms with Crippen LogP contribution >= 0.6 is 7.82 Å². The highest BCUT2D eigenvalue weighted by molar-refractivity contribution is 7.47. The number of allylic oxidation sites excluding steroid dienone is 16. The Hall–Kier alpha value is -3.07. The molecule has 0 aliphatic rings. The Morgan fingerprint density at radius 2 is 0.931 bits per heavy atom. The standard InChI is InChI=1S/C48H80NO8P/c1-6-8-10-12-14-16-18-20-21-22-23-24-25-26-27-29-31-33-35-37-39-41-48(51)57-46(45-56-58(52,53)55-43-42-49(3,4)5)44-54-47(50)40-38-36-34-32-30-28-19-17-15-13-11-9-7-2/h8-11,14-17,20-21,23-24,26-28,30,46H,6-7,12-13,18-19,22,25,29,31-45H2,1-5H3/p+1/b10-8-,11-9-,16-14-,17-15-,21-20-,24-23-,27-26-,30-28-. The van der Waals surface area contributed by atoms with Crippen LogP contribution in [0.2, 0.25) is 0 Å². The maximum absolute atomic E-state index is 12.7. The van der Waals surface area contributed by atoms with Gasteiger partial charge >= 0.3 is 19.8 Å². The van der Waals surface area contributed by atoms with E-state index in [9.17, 15) is 19.0 Å². The van der Waals surface area contributed by atoms with Gasteiger partial charge in [0, 0.05) is 12.8 Å². The topological polar surface area (TPSA) is 108 Å². The minimum atomic E-state index is -4.39. The molecule has 2 unspecified atom stereocenters. The van der Waals surface area contributed by atoms with E-state index in [2.05, 4.69) is 111 Å². The minimum Gasteiger partial charge on any atom is -0.462 e. The average molecular weight is 831 g/mol. The lowest BCUT2D eigenvalue weighted by Gasteiger charge is -2.24. The van der Waals surface area contributed by atoms with Gasteiger partial charge in [0.2, 0.25) is 0 Å². The van der Waals surface area contributed by atoms with E-state index in [1.54, 1.807) is 0 Å². The number of carbonyl (C=O) groups excluding carboxylic acids is 2. The quantitative estimate of drug-likeness (QED) is 0.0215. The number of nitrogens with zero attached hydrogens (tertiary/aromatic N) is 1. The van der Waals surface area contributed by atoms with Crippen molar-refractivity contribution >= 4 is 19.8 Å². The number of rotatable bonds is 38. The Morgan fingerprint density at radius 1 is 0.534 bits per heavy atom. The van der Waals surface area contributed by atoms with Gasteiger partial charge in [-0.15, -0.1) is 0 Å². The van der Waals surface area contributed by atoms with Crippen molar-refractivity contribution in [2.24, 2.45) is 0 Å². The molecule has 0 radical (unpaired) electrons. The van der Waals surface area contributed by atoms with Gasteiger partial charge in [-0.2, -0.15) is 0 Å². The molecular formula is C48H81NO8P+. The van der Waals surface area contributed by atoms with Gasteiger partial charge in [-0.1, -0.05) is 137 Å². The highest BCUT2D eigenvalue weighted by Crippen LogP contribution is 2.43. The molecule has 0 aromatic rings. The molecule has 1 N–H and O–H groups in total. The fraction of sp³-hybridized carbons (Fsp3) is 0.625. The molecule has 0 bridgehead atoms. The predicted molar refractivity (Wildman–Crippen MR) is 242 cm³/mol. The molecule has 330 valence electrons. The number of quaternary nitrogens is 1. The van der Waals surface area contributed by atoms with E-state index in [1.807, 2.05) is 21.1 Å². The van der Waals surface area contributed by atoms with Crippen molar-refractivity contribution in [2.45, 2.75) is 148 Å². The lowest BCUT2D eigenvalue weighted by molar-refractivity contribution is -0.870. The van der Waals surface area contributed by atoms with E-state index in [0.29, 0.717) is 23.9 Å². The predicted octanol–water partition coefficient (Wildman–Crippen LogP) is 12.6. The van der Waals surface area contributed by atoms with Crippen LogP contribution < -0.4 is 0 Å². The Kier molecular flexibility index (Phi) is 37.3. The summed E-state index contributed by atoms with van der Waals surface area (Å²) in [5.41, 5.74) is 0. The second-order valence-electron chi connectivity index (χ2n) is 15.3. The van der Waals surface area contributed by atoms with Crippen LogP contribution in [0.3, 0.4) is 0 Å². The number of esters is 2. The summed E-state index contributed by atoms with van der Waals surface area (Å²) in [6, 6.07) is 0. The molecule has 58 heavy (non-hydrogen) atoms. The molecule has 0 aromatic carbocycles. The lowest BCUT2D eigenvalue weighted by Crippen LogP contribution is -2.37. The van der Waals surface area contributed by atoms with Gasteiger partial charge in [0.15, 0.2) is 6.10 Å². The van der Waals surface area contributed by atoms with Crippen LogP contribution in [-0.4, -0.2) is 74.9 Å². The number of carbonyl (C=O) groups is 2. The maximum atomic E-state index is 12.7. The summed E-state index contributed by atoms with van der Waals surface area (Å²) in [6.45, 7) is 4.10. The normalized spacial score (nSPS) is 14.5. The summed E-state index contributed by atoms with van der Waals surface area (Å²) in [5, 5.41) is 0. The average Bonchev–Trinajstić information content (AvgIpc) is 3.17. The summed E-state index contributed by atoms with van der Waals surface area (Å²) in [5.74, 6) is -0.867. The van der Waals surface area contributed by atoms with Crippen LogP contribution in [0.15, 0.2) is 97.2 Å². The number of hydrogen-bond donors (Lipinski definition) is 1. The van der Waals surface area contributed by atoms with Crippen molar-refractivity contribution < 1.29 is 42.1 Å². The molecule has 0 rings (SSSR count). The van der Waals surface area contributed by atoms with Gasteiger partial charge in [-0.05, 0) is 89.9 Å². The number of ether oxygens (including phenoxy) is 2. The van der Waals surface area contributed by atoms with Crippen LogP contribution in [0.1, 0.15) is 142 Å². The van der Waals surface area contributed by atoms with Gasteiger partial charge in [-0.3, -0.25) is 18.6 Å². The molecule has 0 fully saturated rings. The fourth-order valence-electron chi connectivity index (χ4n) is 5.23. The molecule has 0 aromatic heterocycles. The van der Waals surface area contributed by atoms with Crippen LogP contribution in [-0.2, 0) is 32.7 Å². The Balaban J connectivity index is 4.44. The largest absolute Gasteiger partial charge is 0.472 e. The smallest absolute Gasteiger partial charge is 0.462 e. The van der Waals surface area contributed by atoms with Gasteiger partial charge in [0.1, 0.15) is 19.8 Å². The summed E-state index contributed by atoms with van der Waals surface area (Å²) >= 11 is 0. The van der Waals surface area contributed by atoms with Crippen LogP contribution in [0.4, 0.5) is 0 Å². The maximum Gasteiger partial charge on any atom is 0.472 e. The van der Waals surface area contributed by atoms with E-state index in [4.69, 9.17) is 18.5 Å². The van der Waals surface area contributed by atoms with E-state index in [-0.39, 0.29) is 26.1 Å². The zero-order chi connectivity index (χ0) is 42.8. The zero-order valence-electron chi connectivity index (χ0n) is 37.0. The van der Waals surface area contributed by atoms with Crippen molar-refractivity contribution in [3.63, 3.8) is 0 Å².